The van der Waals surface area contributed by atoms with Gasteiger partial charge in [0, 0.05) is 19.8 Å². The zero-order valence-corrected chi connectivity index (χ0v) is 15.4. The Kier molecular flexibility index (Phi) is 4.78. The number of nitrogens with one attached hydrogen (secondary N) is 1. The number of likely N-dealkylation sites (tertiary alicyclic amines) is 1. The first-order valence-electron chi connectivity index (χ1n) is 8.79. The number of carbonyl (C=O) groups excluding carboxylic acids is 1. The van der Waals surface area contributed by atoms with E-state index in [1.165, 1.54) is 6.33 Å². The molecule has 8 heteroatoms. The van der Waals surface area contributed by atoms with E-state index in [4.69, 9.17) is 0 Å². The van der Waals surface area contributed by atoms with E-state index in [1.54, 1.807) is 6.20 Å². The van der Waals surface area contributed by atoms with Crippen LogP contribution in [0.4, 0.5) is 4.79 Å². The molecule has 3 heterocycles. The summed E-state index contributed by atoms with van der Waals surface area (Å²) in [5.41, 5.74) is 0.909. The summed E-state index contributed by atoms with van der Waals surface area (Å²) in [5.74, 6) is 0.759. The molecule has 1 atom stereocenters. The van der Waals surface area contributed by atoms with Gasteiger partial charge in [0.2, 0.25) is 0 Å². The molecule has 1 aliphatic heterocycles. The average Bonchev–Trinajstić information content (AvgIpc) is 3.21. The summed E-state index contributed by atoms with van der Waals surface area (Å²) < 4.78 is 3.70. The lowest BCUT2D eigenvalue weighted by atomic mass is 10.00. The molecule has 8 nitrogen and oxygen atoms in total. The second kappa shape index (κ2) is 6.85. The van der Waals surface area contributed by atoms with Gasteiger partial charge in [-0.25, -0.2) is 14.5 Å². The Morgan fingerprint density at radius 2 is 2.12 bits per heavy atom. The molecule has 1 fully saturated rings. The number of rotatable bonds is 3. The molecule has 0 spiro atoms. The molecular weight excluding hydrogens is 318 g/mol. The maximum atomic E-state index is 12.8. The Balaban J connectivity index is 1.70. The molecule has 136 valence electrons. The van der Waals surface area contributed by atoms with Gasteiger partial charge in [0.1, 0.15) is 12.2 Å². The lowest BCUT2D eigenvalue weighted by Crippen LogP contribution is -2.45. The van der Waals surface area contributed by atoms with E-state index in [2.05, 4.69) is 41.3 Å². The molecule has 1 aliphatic rings. The van der Waals surface area contributed by atoms with Crippen molar-refractivity contribution in [2.45, 2.75) is 58.2 Å². The van der Waals surface area contributed by atoms with Crippen LogP contribution >= 0.6 is 0 Å². The number of amides is 2. The van der Waals surface area contributed by atoms with Gasteiger partial charge in [0.05, 0.1) is 23.8 Å². The number of hydrogen-bond acceptors (Lipinski definition) is 4. The second-order valence-corrected chi connectivity index (χ2v) is 7.50. The normalized spacial score (nSPS) is 18.4. The lowest BCUT2D eigenvalue weighted by molar-refractivity contribution is 0.147. The molecule has 2 aromatic heterocycles. The van der Waals surface area contributed by atoms with Crippen LogP contribution < -0.4 is 5.32 Å². The Morgan fingerprint density at radius 1 is 1.32 bits per heavy atom. The topological polar surface area (TPSA) is 80.9 Å². The minimum absolute atomic E-state index is 0.0608. The quantitative estimate of drug-likeness (QED) is 0.925. The molecule has 1 saturated heterocycles. The monoisotopic (exact) mass is 345 g/mol. The number of urea groups is 1. The predicted molar refractivity (Wildman–Crippen MR) is 93.8 cm³/mol. The third-order valence-electron chi connectivity index (χ3n) is 4.62. The fourth-order valence-corrected chi connectivity index (χ4v) is 3.40. The third kappa shape index (κ3) is 3.67. The van der Waals surface area contributed by atoms with Crippen molar-refractivity contribution in [3.05, 3.63) is 30.1 Å². The van der Waals surface area contributed by atoms with Crippen LogP contribution in [0.2, 0.25) is 0 Å². The molecule has 0 radical (unpaired) electrons. The van der Waals surface area contributed by atoms with Crippen LogP contribution in [0.5, 0.6) is 0 Å². The first kappa shape index (κ1) is 17.4. The van der Waals surface area contributed by atoms with Gasteiger partial charge in [-0.05, 0) is 46.1 Å². The Bertz CT molecular complexity index is 727. The van der Waals surface area contributed by atoms with Crippen molar-refractivity contribution < 1.29 is 4.79 Å². The van der Waals surface area contributed by atoms with Gasteiger partial charge in [-0.2, -0.15) is 10.2 Å². The van der Waals surface area contributed by atoms with Crippen LogP contribution in [0.1, 0.15) is 57.6 Å². The summed E-state index contributed by atoms with van der Waals surface area (Å²) in [4.78, 5) is 19.0. The lowest BCUT2D eigenvalue weighted by Gasteiger charge is -2.35. The smallest absolute Gasteiger partial charge is 0.318 e. The first-order valence-corrected chi connectivity index (χ1v) is 8.79. The van der Waals surface area contributed by atoms with Gasteiger partial charge in [-0.3, -0.25) is 4.68 Å². The standard InChI is InChI=1S/C17H27N7O/c1-17(2,3)24-15(19-12-21-24)11-18-16(25)23-10-6-5-7-14(23)13-8-9-20-22(13)4/h8-9,12,14H,5-7,10-11H2,1-4H3,(H,18,25)/t14-/m1/s1. The van der Waals surface area contributed by atoms with E-state index in [9.17, 15) is 4.79 Å². The highest BCUT2D eigenvalue weighted by atomic mass is 16.2. The number of carbonyl (C=O) groups is 1. The average molecular weight is 345 g/mol. The maximum absolute atomic E-state index is 12.8. The fourth-order valence-electron chi connectivity index (χ4n) is 3.40. The van der Waals surface area contributed by atoms with Crippen molar-refractivity contribution >= 4 is 6.03 Å². The molecule has 1 N–H and O–H groups in total. The minimum atomic E-state index is -0.168. The Labute approximate surface area is 148 Å². The summed E-state index contributed by atoms with van der Waals surface area (Å²) in [6.07, 6.45) is 6.43. The summed E-state index contributed by atoms with van der Waals surface area (Å²) in [7, 11) is 1.92. The van der Waals surface area contributed by atoms with Gasteiger partial charge in [0.15, 0.2) is 0 Å². The van der Waals surface area contributed by atoms with Gasteiger partial charge in [-0.1, -0.05) is 0 Å². The number of hydrogen-bond donors (Lipinski definition) is 1. The van der Waals surface area contributed by atoms with Crippen molar-refractivity contribution in [1.29, 1.82) is 0 Å². The van der Waals surface area contributed by atoms with Crippen molar-refractivity contribution in [3.8, 4) is 0 Å². The molecule has 2 amide bonds. The summed E-state index contributed by atoms with van der Waals surface area (Å²) in [6, 6.07) is 2.00. The van der Waals surface area contributed by atoms with Crippen LogP contribution in [0.3, 0.4) is 0 Å². The van der Waals surface area contributed by atoms with Gasteiger partial charge in [0.25, 0.3) is 0 Å². The summed E-state index contributed by atoms with van der Waals surface area (Å²) in [6.45, 7) is 7.32. The van der Waals surface area contributed by atoms with Crippen LogP contribution in [-0.2, 0) is 19.1 Å². The largest absolute Gasteiger partial charge is 0.331 e. The predicted octanol–water partition coefficient (Wildman–Crippen LogP) is 2.20. The third-order valence-corrected chi connectivity index (χ3v) is 4.62. The van der Waals surface area contributed by atoms with E-state index in [0.717, 1.165) is 37.3 Å². The summed E-state index contributed by atoms with van der Waals surface area (Å²) in [5, 5.41) is 11.5. The highest BCUT2D eigenvalue weighted by Gasteiger charge is 2.30. The maximum Gasteiger partial charge on any atom is 0.318 e. The van der Waals surface area contributed by atoms with Crippen molar-refractivity contribution in [2.75, 3.05) is 6.54 Å². The highest BCUT2D eigenvalue weighted by molar-refractivity contribution is 5.74. The molecule has 2 aromatic rings. The molecule has 25 heavy (non-hydrogen) atoms. The SMILES string of the molecule is Cn1nccc1[C@H]1CCCCN1C(=O)NCc1ncnn1C(C)(C)C. The van der Waals surface area contributed by atoms with Crippen LogP contribution in [0.25, 0.3) is 0 Å². The van der Waals surface area contributed by atoms with Crippen molar-refractivity contribution in [2.24, 2.45) is 7.05 Å². The van der Waals surface area contributed by atoms with E-state index in [-0.39, 0.29) is 17.6 Å². The minimum Gasteiger partial charge on any atom is -0.331 e. The van der Waals surface area contributed by atoms with Gasteiger partial charge in [-0.15, -0.1) is 0 Å². The molecule has 0 aliphatic carbocycles. The van der Waals surface area contributed by atoms with Gasteiger partial charge < -0.3 is 10.2 Å². The van der Waals surface area contributed by atoms with Crippen LogP contribution in [0, 0.1) is 0 Å². The fraction of sp³-hybridized carbons (Fsp3) is 0.647. The molecule has 0 aromatic carbocycles. The Hall–Kier alpha value is -2.38. The molecular formula is C17H27N7O. The van der Waals surface area contributed by atoms with Crippen LogP contribution in [-0.4, -0.2) is 42.0 Å². The number of piperidine rings is 1. The van der Waals surface area contributed by atoms with Crippen molar-refractivity contribution in [3.63, 3.8) is 0 Å². The zero-order valence-electron chi connectivity index (χ0n) is 15.4. The van der Waals surface area contributed by atoms with E-state index >= 15 is 0 Å². The van der Waals surface area contributed by atoms with E-state index < -0.39 is 0 Å². The zero-order chi connectivity index (χ0) is 18.0. The van der Waals surface area contributed by atoms with Crippen LogP contribution in [0.15, 0.2) is 18.6 Å². The highest BCUT2D eigenvalue weighted by Crippen LogP contribution is 2.30. The van der Waals surface area contributed by atoms with Crippen molar-refractivity contribution in [1.82, 2.24) is 34.8 Å². The molecule has 0 unspecified atom stereocenters. The first-order chi connectivity index (χ1) is 11.9. The molecule has 3 rings (SSSR count). The van der Waals surface area contributed by atoms with E-state index in [1.807, 2.05) is 27.4 Å². The number of aryl methyl sites for hydroxylation is 1. The Morgan fingerprint density at radius 3 is 2.80 bits per heavy atom. The second-order valence-electron chi connectivity index (χ2n) is 7.50. The number of aromatic nitrogens is 5. The van der Waals surface area contributed by atoms with Gasteiger partial charge >= 0.3 is 6.03 Å². The molecule has 0 bridgehead atoms. The molecule has 0 saturated carbocycles. The summed E-state index contributed by atoms with van der Waals surface area (Å²) >= 11 is 0. The van der Waals surface area contributed by atoms with E-state index in [0.29, 0.717) is 6.54 Å². The number of nitrogens with zero attached hydrogens (tertiary/aromatic N) is 6.